The van der Waals surface area contributed by atoms with Crippen molar-refractivity contribution in [1.82, 2.24) is 9.88 Å². The second kappa shape index (κ2) is 5.25. The molecule has 4 heteroatoms. The van der Waals surface area contributed by atoms with Crippen molar-refractivity contribution in [3.05, 3.63) is 16.6 Å². The highest BCUT2D eigenvalue weighted by Gasteiger charge is 2.38. The predicted molar refractivity (Wildman–Crippen MR) is 66.8 cm³/mol. The fraction of sp³-hybridized carbons (Fsp3) is 0.750. The van der Waals surface area contributed by atoms with Crippen LogP contribution < -0.4 is 0 Å². The minimum atomic E-state index is 0.137. The second-order valence-electron chi connectivity index (χ2n) is 4.18. The van der Waals surface area contributed by atoms with E-state index in [0.29, 0.717) is 0 Å². The van der Waals surface area contributed by atoms with Gasteiger partial charge >= 0.3 is 0 Å². The van der Waals surface area contributed by atoms with E-state index in [1.807, 2.05) is 6.20 Å². The topological polar surface area (TPSA) is 25.4 Å². The summed E-state index contributed by atoms with van der Waals surface area (Å²) in [6.07, 6.45) is 4.16. The van der Waals surface area contributed by atoms with Crippen molar-refractivity contribution in [3.63, 3.8) is 0 Å². The van der Waals surface area contributed by atoms with E-state index >= 15 is 0 Å². The molecule has 90 valence electrons. The van der Waals surface area contributed by atoms with Gasteiger partial charge < -0.3 is 4.74 Å². The minimum Gasteiger partial charge on any atom is -0.379 e. The number of thiazole rings is 1. The molecular weight excluding hydrogens is 220 g/mol. The largest absolute Gasteiger partial charge is 0.379 e. The van der Waals surface area contributed by atoms with E-state index in [1.54, 1.807) is 11.3 Å². The number of ether oxygens (including phenoxy) is 1. The van der Waals surface area contributed by atoms with E-state index in [-0.39, 0.29) is 5.54 Å². The molecule has 0 spiro atoms. The number of morpholine rings is 1. The molecule has 1 aromatic heterocycles. The molecule has 0 aliphatic carbocycles. The fourth-order valence-corrected chi connectivity index (χ4v) is 3.59. The molecule has 1 saturated heterocycles. The third-order valence-electron chi connectivity index (χ3n) is 3.62. The van der Waals surface area contributed by atoms with Crippen LogP contribution in [0, 0.1) is 0 Å². The quantitative estimate of drug-likeness (QED) is 0.808. The van der Waals surface area contributed by atoms with Crippen LogP contribution in [0.15, 0.2) is 11.6 Å². The summed E-state index contributed by atoms with van der Waals surface area (Å²) in [5.74, 6) is 0. The van der Waals surface area contributed by atoms with Gasteiger partial charge in [-0.1, -0.05) is 13.8 Å². The summed E-state index contributed by atoms with van der Waals surface area (Å²) >= 11 is 1.78. The van der Waals surface area contributed by atoms with Crippen molar-refractivity contribution in [2.24, 2.45) is 0 Å². The zero-order valence-corrected chi connectivity index (χ0v) is 10.9. The van der Waals surface area contributed by atoms with Crippen molar-refractivity contribution in [2.75, 3.05) is 26.3 Å². The van der Waals surface area contributed by atoms with E-state index in [4.69, 9.17) is 4.74 Å². The molecule has 0 unspecified atom stereocenters. The number of nitrogens with zero attached hydrogens (tertiary/aromatic N) is 2. The molecular formula is C12H20N2OS. The maximum absolute atomic E-state index is 5.44. The Morgan fingerprint density at radius 1 is 1.38 bits per heavy atom. The third-order valence-corrected chi connectivity index (χ3v) is 4.58. The molecule has 0 aromatic carbocycles. The van der Waals surface area contributed by atoms with Crippen molar-refractivity contribution < 1.29 is 4.74 Å². The molecule has 1 aromatic rings. The van der Waals surface area contributed by atoms with Crippen molar-refractivity contribution in [1.29, 1.82) is 0 Å². The highest BCUT2D eigenvalue weighted by atomic mass is 32.1. The normalized spacial score (nSPS) is 18.9. The third kappa shape index (κ3) is 2.01. The first-order valence-corrected chi connectivity index (χ1v) is 6.94. The summed E-state index contributed by atoms with van der Waals surface area (Å²) < 4.78 is 5.44. The number of aromatic nitrogens is 1. The fourth-order valence-electron chi connectivity index (χ4n) is 2.58. The zero-order valence-electron chi connectivity index (χ0n) is 10.1. The van der Waals surface area contributed by atoms with Gasteiger partial charge in [-0.05, 0) is 12.8 Å². The lowest BCUT2D eigenvalue weighted by atomic mass is 9.91. The molecule has 16 heavy (non-hydrogen) atoms. The molecule has 3 nitrogen and oxygen atoms in total. The Morgan fingerprint density at radius 3 is 2.56 bits per heavy atom. The first-order chi connectivity index (χ1) is 7.83. The average Bonchev–Trinajstić information content (AvgIpc) is 2.87. The summed E-state index contributed by atoms with van der Waals surface area (Å²) in [7, 11) is 0. The summed E-state index contributed by atoms with van der Waals surface area (Å²) in [5.41, 5.74) is 0.137. The molecule has 2 heterocycles. The zero-order chi connectivity index (χ0) is 11.4. The van der Waals surface area contributed by atoms with Gasteiger partial charge in [-0.2, -0.15) is 0 Å². The Hall–Kier alpha value is -0.450. The highest BCUT2D eigenvalue weighted by Crippen LogP contribution is 2.37. The van der Waals surface area contributed by atoms with Gasteiger partial charge in [0, 0.05) is 24.7 Å². The lowest BCUT2D eigenvalue weighted by Gasteiger charge is -2.43. The molecule has 0 atom stereocenters. The van der Waals surface area contributed by atoms with Crippen LogP contribution in [-0.4, -0.2) is 36.2 Å². The summed E-state index contributed by atoms with van der Waals surface area (Å²) in [4.78, 5) is 7.09. The van der Waals surface area contributed by atoms with E-state index in [1.165, 1.54) is 5.01 Å². The number of rotatable bonds is 4. The smallest absolute Gasteiger partial charge is 0.113 e. The lowest BCUT2D eigenvalue weighted by molar-refractivity contribution is -0.0290. The molecule has 0 N–H and O–H groups in total. The molecule has 0 radical (unpaired) electrons. The molecule has 1 aliphatic rings. The SMILES string of the molecule is CCC(CC)(c1nccs1)N1CCOCC1. The van der Waals surface area contributed by atoms with Crippen LogP contribution in [0.5, 0.6) is 0 Å². The number of hydrogen-bond acceptors (Lipinski definition) is 4. The summed E-state index contributed by atoms with van der Waals surface area (Å²) in [6, 6.07) is 0. The first-order valence-electron chi connectivity index (χ1n) is 6.06. The Morgan fingerprint density at radius 2 is 2.06 bits per heavy atom. The first kappa shape index (κ1) is 12.0. The Labute approximate surface area is 101 Å². The van der Waals surface area contributed by atoms with Gasteiger partial charge in [0.2, 0.25) is 0 Å². The second-order valence-corrected chi connectivity index (χ2v) is 5.07. The van der Waals surface area contributed by atoms with Crippen LogP contribution in [0.3, 0.4) is 0 Å². The molecule has 0 bridgehead atoms. The van der Waals surface area contributed by atoms with Gasteiger partial charge in [0.1, 0.15) is 5.01 Å². The average molecular weight is 240 g/mol. The van der Waals surface area contributed by atoms with E-state index in [0.717, 1.165) is 39.1 Å². The van der Waals surface area contributed by atoms with Gasteiger partial charge in [-0.15, -0.1) is 11.3 Å². The van der Waals surface area contributed by atoms with Gasteiger partial charge in [0.05, 0.1) is 18.8 Å². The molecule has 1 aliphatic heterocycles. The summed E-state index contributed by atoms with van der Waals surface area (Å²) in [6.45, 7) is 8.30. The lowest BCUT2D eigenvalue weighted by Crippen LogP contribution is -2.50. The van der Waals surface area contributed by atoms with Crippen LogP contribution in [-0.2, 0) is 10.3 Å². The van der Waals surface area contributed by atoms with Gasteiger partial charge in [0.25, 0.3) is 0 Å². The van der Waals surface area contributed by atoms with Crippen LogP contribution >= 0.6 is 11.3 Å². The Bertz CT molecular complexity index is 303. The predicted octanol–water partition coefficient (Wildman–Crippen LogP) is 2.49. The maximum Gasteiger partial charge on any atom is 0.113 e. The number of hydrogen-bond donors (Lipinski definition) is 0. The van der Waals surface area contributed by atoms with Crippen LogP contribution in [0.1, 0.15) is 31.7 Å². The minimum absolute atomic E-state index is 0.137. The molecule has 2 rings (SSSR count). The molecule has 1 fully saturated rings. The molecule has 0 saturated carbocycles. The maximum atomic E-state index is 5.44. The Balaban J connectivity index is 2.26. The van der Waals surface area contributed by atoms with E-state index in [2.05, 4.69) is 29.1 Å². The molecule has 0 amide bonds. The van der Waals surface area contributed by atoms with E-state index in [9.17, 15) is 0 Å². The standard InChI is InChI=1S/C12H20N2OS/c1-3-12(4-2,11-13-5-10-16-11)14-6-8-15-9-7-14/h5,10H,3-4,6-9H2,1-2H3. The van der Waals surface area contributed by atoms with Crippen molar-refractivity contribution in [2.45, 2.75) is 32.2 Å². The van der Waals surface area contributed by atoms with E-state index < -0.39 is 0 Å². The Kier molecular flexibility index (Phi) is 3.95. The summed E-state index contributed by atoms with van der Waals surface area (Å²) in [5, 5.41) is 3.34. The highest BCUT2D eigenvalue weighted by molar-refractivity contribution is 7.09. The van der Waals surface area contributed by atoms with Crippen LogP contribution in [0.4, 0.5) is 0 Å². The van der Waals surface area contributed by atoms with Gasteiger partial charge in [0.15, 0.2) is 0 Å². The monoisotopic (exact) mass is 240 g/mol. The van der Waals surface area contributed by atoms with Crippen molar-refractivity contribution in [3.8, 4) is 0 Å². The van der Waals surface area contributed by atoms with Gasteiger partial charge in [-0.25, -0.2) is 4.98 Å². The van der Waals surface area contributed by atoms with Crippen molar-refractivity contribution >= 4 is 11.3 Å². The van der Waals surface area contributed by atoms with Gasteiger partial charge in [-0.3, -0.25) is 4.90 Å². The van der Waals surface area contributed by atoms with Crippen LogP contribution in [0.2, 0.25) is 0 Å². The van der Waals surface area contributed by atoms with Crippen LogP contribution in [0.25, 0.3) is 0 Å².